The first-order valence-corrected chi connectivity index (χ1v) is 7.29. The predicted octanol–water partition coefficient (Wildman–Crippen LogP) is 2.88. The summed E-state index contributed by atoms with van der Waals surface area (Å²) in [7, 11) is 1.97. The number of hydrogen-bond acceptors (Lipinski definition) is 3. The molecule has 0 bridgehead atoms. The summed E-state index contributed by atoms with van der Waals surface area (Å²) in [6, 6.07) is 4.16. The minimum Gasteiger partial charge on any atom is -0.356 e. The van der Waals surface area contributed by atoms with Crippen molar-refractivity contribution in [3.05, 3.63) is 40.3 Å². The first-order chi connectivity index (χ1) is 9.13. The Labute approximate surface area is 121 Å². The maximum atomic E-state index is 4.65. The summed E-state index contributed by atoms with van der Waals surface area (Å²) >= 11 is 3.50. The van der Waals surface area contributed by atoms with Gasteiger partial charge >= 0.3 is 0 Å². The molecule has 0 spiro atoms. The van der Waals surface area contributed by atoms with E-state index >= 15 is 0 Å². The molecule has 19 heavy (non-hydrogen) atoms. The number of aromatic nitrogens is 3. The second-order valence-electron chi connectivity index (χ2n) is 5.12. The molecule has 2 aromatic rings. The molecule has 100 valence electrons. The van der Waals surface area contributed by atoms with Gasteiger partial charge in [-0.25, -0.2) is 4.98 Å². The lowest BCUT2D eigenvalue weighted by molar-refractivity contribution is 0.754. The van der Waals surface area contributed by atoms with Crippen LogP contribution >= 0.6 is 15.9 Å². The zero-order chi connectivity index (χ0) is 13.4. The van der Waals surface area contributed by atoms with E-state index in [1.807, 2.05) is 24.9 Å². The van der Waals surface area contributed by atoms with E-state index in [9.17, 15) is 0 Å². The molecule has 5 heteroatoms. The average Bonchev–Trinajstić information content (AvgIpc) is 3.01. The number of nitrogens with zero attached hydrogens (tertiary/aromatic N) is 4. The van der Waals surface area contributed by atoms with Crippen molar-refractivity contribution in [2.24, 2.45) is 7.05 Å². The number of hydrogen-bond donors (Lipinski definition) is 0. The van der Waals surface area contributed by atoms with E-state index in [4.69, 9.17) is 0 Å². The van der Waals surface area contributed by atoms with Gasteiger partial charge in [0.2, 0.25) is 0 Å². The van der Waals surface area contributed by atoms with Crippen LogP contribution in [0.2, 0.25) is 0 Å². The number of anilines is 1. The molecule has 4 nitrogen and oxygen atoms in total. The SMILES string of the molecule is Cc1nc(N2CC[C@H](c3cnn(C)c3)C2)ccc1Br. The lowest BCUT2D eigenvalue weighted by Gasteiger charge is -2.18. The van der Waals surface area contributed by atoms with Crippen LogP contribution in [-0.2, 0) is 7.05 Å². The third-order valence-electron chi connectivity index (χ3n) is 3.72. The monoisotopic (exact) mass is 320 g/mol. The fraction of sp³-hybridized carbons (Fsp3) is 0.429. The van der Waals surface area contributed by atoms with Crippen LogP contribution in [0.15, 0.2) is 29.0 Å². The Bertz CT molecular complexity index is 593. The highest BCUT2D eigenvalue weighted by Crippen LogP contribution is 2.30. The van der Waals surface area contributed by atoms with E-state index in [-0.39, 0.29) is 0 Å². The van der Waals surface area contributed by atoms with Crippen LogP contribution in [0.3, 0.4) is 0 Å². The maximum Gasteiger partial charge on any atom is 0.128 e. The Hall–Kier alpha value is -1.36. The Kier molecular flexibility index (Phi) is 3.31. The van der Waals surface area contributed by atoms with Gasteiger partial charge in [0, 0.05) is 36.7 Å². The van der Waals surface area contributed by atoms with Crippen molar-refractivity contribution in [2.75, 3.05) is 18.0 Å². The fourth-order valence-corrected chi connectivity index (χ4v) is 2.82. The van der Waals surface area contributed by atoms with Gasteiger partial charge in [-0.3, -0.25) is 4.68 Å². The Morgan fingerprint density at radius 2 is 2.21 bits per heavy atom. The van der Waals surface area contributed by atoms with Crippen molar-refractivity contribution >= 4 is 21.7 Å². The minimum atomic E-state index is 0.569. The average molecular weight is 321 g/mol. The van der Waals surface area contributed by atoms with Crippen molar-refractivity contribution in [1.82, 2.24) is 14.8 Å². The molecule has 1 aliphatic heterocycles. The molecule has 0 saturated carbocycles. The van der Waals surface area contributed by atoms with Gasteiger partial charge in [-0.15, -0.1) is 0 Å². The molecule has 0 amide bonds. The first-order valence-electron chi connectivity index (χ1n) is 6.50. The standard InChI is InChI=1S/C14H17BrN4/c1-10-13(15)3-4-14(17-10)19-6-5-11(9-19)12-7-16-18(2)8-12/h3-4,7-8,11H,5-6,9H2,1-2H3/t11-/m0/s1. The quantitative estimate of drug-likeness (QED) is 0.853. The van der Waals surface area contributed by atoms with Crippen LogP contribution in [0.25, 0.3) is 0 Å². The molecule has 0 aromatic carbocycles. The summed E-state index contributed by atoms with van der Waals surface area (Å²) in [5, 5.41) is 4.26. The number of rotatable bonds is 2. The second kappa shape index (κ2) is 4.96. The van der Waals surface area contributed by atoms with Crippen molar-refractivity contribution in [3.63, 3.8) is 0 Å². The van der Waals surface area contributed by atoms with E-state index < -0.39 is 0 Å². The molecule has 0 aliphatic carbocycles. The lowest BCUT2D eigenvalue weighted by atomic mass is 10.0. The van der Waals surface area contributed by atoms with Crippen LogP contribution in [0.1, 0.15) is 23.6 Å². The molecule has 0 radical (unpaired) electrons. The summed E-state index contributed by atoms with van der Waals surface area (Å²) in [5.41, 5.74) is 2.38. The van der Waals surface area contributed by atoms with E-state index in [1.54, 1.807) is 0 Å². The van der Waals surface area contributed by atoms with Gasteiger partial charge in [0.15, 0.2) is 0 Å². The van der Waals surface area contributed by atoms with Gasteiger partial charge in [-0.1, -0.05) is 0 Å². The van der Waals surface area contributed by atoms with E-state index in [2.05, 4.69) is 49.2 Å². The van der Waals surface area contributed by atoms with Gasteiger partial charge in [-0.2, -0.15) is 5.10 Å². The van der Waals surface area contributed by atoms with E-state index in [1.165, 1.54) is 12.0 Å². The van der Waals surface area contributed by atoms with Crippen molar-refractivity contribution in [3.8, 4) is 0 Å². The largest absolute Gasteiger partial charge is 0.356 e. The highest BCUT2D eigenvalue weighted by molar-refractivity contribution is 9.10. The summed E-state index contributed by atoms with van der Waals surface area (Å²) in [6.07, 6.45) is 5.27. The summed E-state index contributed by atoms with van der Waals surface area (Å²) in [5.74, 6) is 1.64. The van der Waals surface area contributed by atoms with Gasteiger partial charge < -0.3 is 4.90 Å². The molecule has 3 heterocycles. The van der Waals surface area contributed by atoms with Gasteiger partial charge in [-0.05, 0) is 47.0 Å². The van der Waals surface area contributed by atoms with E-state index in [0.29, 0.717) is 5.92 Å². The molecule has 0 unspecified atom stereocenters. The van der Waals surface area contributed by atoms with Crippen molar-refractivity contribution < 1.29 is 0 Å². The number of pyridine rings is 1. The van der Waals surface area contributed by atoms with Crippen molar-refractivity contribution in [2.45, 2.75) is 19.3 Å². The van der Waals surface area contributed by atoms with Gasteiger partial charge in [0.1, 0.15) is 5.82 Å². The van der Waals surface area contributed by atoms with Crippen LogP contribution in [-0.4, -0.2) is 27.9 Å². The third-order valence-corrected chi connectivity index (χ3v) is 4.55. The molecule has 1 saturated heterocycles. The fourth-order valence-electron chi connectivity index (χ4n) is 2.60. The maximum absolute atomic E-state index is 4.65. The molecule has 1 aliphatic rings. The summed E-state index contributed by atoms with van der Waals surface area (Å²) in [6.45, 7) is 4.12. The Balaban J connectivity index is 1.76. The zero-order valence-corrected chi connectivity index (χ0v) is 12.8. The number of aryl methyl sites for hydroxylation is 2. The lowest BCUT2D eigenvalue weighted by Crippen LogP contribution is -2.20. The topological polar surface area (TPSA) is 34.0 Å². The van der Waals surface area contributed by atoms with E-state index in [0.717, 1.165) is 29.1 Å². The van der Waals surface area contributed by atoms with Crippen LogP contribution in [0.4, 0.5) is 5.82 Å². The second-order valence-corrected chi connectivity index (χ2v) is 5.97. The summed E-state index contributed by atoms with van der Waals surface area (Å²) < 4.78 is 2.94. The van der Waals surface area contributed by atoms with Gasteiger partial charge in [0.25, 0.3) is 0 Å². The number of halogens is 1. The Morgan fingerprint density at radius 3 is 2.89 bits per heavy atom. The molecule has 1 atom stereocenters. The van der Waals surface area contributed by atoms with Crippen molar-refractivity contribution in [1.29, 1.82) is 0 Å². The molecule has 0 N–H and O–H groups in total. The van der Waals surface area contributed by atoms with Crippen LogP contribution in [0, 0.1) is 6.92 Å². The third kappa shape index (κ3) is 2.52. The van der Waals surface area contributed by atoms with Crippen LogP contribution < -0.4 is 4.90 Å². The molecule has 3 rings (SSSR count). The highest BCUT2D eigenvalue weighted by atomic mass is 79.9. The Morgan fingerprint density at radius 1 is 1.37 bits per heavy atom. The summed E-state index contributed by atoms with van der Waals surface area (Å²) in [4.78, 5) is 7.00. The molecule has 1 fully saturated rings. The normalized spacial score (nSPS) is 19.1. The predicted molar refractivity (Wildman–Crippen MR) is 79.5 cm³/mol. The minimum absolute atomic E-state index is 0.569. The molecular weight excluding hydrogens is 304 g/mol. The molecular formula is C14H17BrN4. The molecule has 2 aromatic heterocycles. The van der Waals surface area contributed by atoms with Gasteiger partial charge in [0.05, 0.1) is 11.9 Å². The van der Waals surface area contributed by atoms with Crippen LogP contribution in [0.5, 0.6) is 0 Å². The first kappa shape index (κ1) is 12.7. The smallest absolute Gasteiger partial charge is 0.128 e. The highest BCUT2D eigenvalue weighted by Gasteiger charge is 2.25. The zero-order valence-electron chi connectivity index (χ0n) is 11.2.